The van der Waals surface area contributed by atoms with Gasteiger partial charge < -0.3 is 10.6 Å². The highest BCUT2D eigenvalue weighted by molar-refractivity contribution is 5.85. The number of amides is 1. The summed E-state index contributed by atoms with van der Waals surface area (Å²) in [6.45, 7) is 6.48. The lowest BCUT2D eigenvalue weighted by Crippen LogP contribution is -2.52. The minimum Gasteiger partial charge on any atom is -0.355 e. The van der Waals surface area contributed by atoms with Crippen LogP contribution < -0.4 is 10.6 Å². The van der Waals surface area contributed by atoms with Crippen molar-refractivity contribution in [2.45, 2.75) is 71.3 Å². The maximum atomic E-state index is 11.9. The summed E-state index contributed by atoms with van der Waals surface area (Å²) in [5.41, 5.74) is 0.303. The largest absolute Gasteiger partial charge is 0.355 e. The number of hydrogen-bond acceptors (Lipinski definition) is 2. The average Bonchev–Trinajstić information content (AvgIpc) is 2.87. The van der Waals surface area contributed by atoms with Gasteiger partial charge in [0.25, 0.3) is 0 Å². The second-order valence-corrected chi connectivity index (χ2v) is 7.09. The molecule has 1 unspecified atom stereocenters. The summed E-state index contributed by atoms with van der Waals surface area (Å²) in [7, 11) is 0. The fraction of sp³-hybridized carbons (Fsp3) is 0.938. The van der Waals surface area contributed by atoms with Gasteiger partial charge in [-0.1, -0.05) is 39.5 Å². The molecule has 1 saturated heterocycles. The van der Waals surface area contributed by atoms with Gasteiger partial charge in [0.1, 0.15) is 0 Å². The minimum atomic E-state index is 0. The van der Waals surface area contributed by atoms with Gasteiger partial charge in [-0.2, -0.15) is 0 Å². The van der Waals surface area contributed by atoms with E-state index in [-0.39, 0.29) is 18.3 Å². The Balaban J connectivity index is 0.00000200. The van der Waals surface area contributed by atoms with E-state index in [1.54, 1.807) is 0 Å². The molecular weight excluding hydrogens is 272 g/mol. The number of rotatable bonds is 5. The van der Waals surface area contributed by atoms with Crippen molar-refractivity contribution in [3.63, 3.8) is 0 Å². The minimum absolute atomic E-state index is 0. The van der Waals surface area contributed by atoms with Crippen LogP contribution in [0, 0.1) is 11.3 Å². The van der Waals surface area contributed by atoms with Gasteiger partial charge in [0, 0.05) is 19.0 Å². The van der Waals surface area contributed by atoms with Crippen molar-refractivity contribution in [1.29, 1.82) is 0 Å². The molecule has 118 valence electrons. The summed E-state index contributed by atoms with van der Waals surface area (Å²) in [4.78, 5) is 11.9. The van der Waals surface area contributed by atoms with Crippen LogP contribution in [0.4, 0.5) is 0 Å². The summed E-state index contributed by atoms with van der Waals surface area (Å²) in [5, 5.41) is 6.68. The van der Waals surface area contributed by atoms with Crippen molar-refractivity contribution >= 4 is 18.3 Å². The average molecular weight is 303 g/mol. The highest BCUT2D eigenvalue weighted by atomic mass is 35.5. The summed E-state index contributed by atoms with van der Waals surface area (Å²) in [5.74, 6) is 1.06. The van der Waals surface area contributed by atoms with Crippen LogP contribution in [0.2, 0.25) is 0 Å². The number of piperidine rings is 1. The van der Waals surface area contributed by atoms with E-state index in [1.807, 2.05) is 0 Å². The number of carbonyl (C=O) groups excluding carboxylic acids is 1. The fourth-order valence-corrected chi connectivity index (χ4v) is 3.56. The topological polar surface area (TPSA) is 41.1 Å². The number of hydrogen-bond donors (Lipinski definition) is 2. The maximum absolute atomic E-state index is 11.9. The van der Waals surface area contributed by atoms with Crippen LogP contribution in [0.5, 0.6) is 0 Å². The molecule has 0 bridgehead atoms. The molecule has 2 rings (SSSR count). The first-order valence-electron chi connectivity index (χ1n) is 8.08. The molecule has 2 fully saturated rings. The van der Waals surface area contributed by atoms with Crippen LogP contribution in [0.25, 0.3) is 0 Å². The van der Waals surface area contributed by atoms with Crippen molar-refractivity contribution in [2.75, 3.05) is 13.1 Å². The zero-order valence-electron chi connectivity index (χ0n) is 13.0. The Morgan fingerprint density at radius 1 is 1.25 bits per heavy atom. The monoisotopic (exact) mass is 302 g/mol. The van der Waals surface area contributed by atoms with Crippen LogP contribution in [-0.2, 0) is 4.79 Å². The zero-order chi connectivity index (χ0) is 13.7. The second kappa shape index (κ2) is 8.23. The van der Waals surface area contributed by atoms with E-state index in [0.717, 1.165) is 31.8 Å². The quantitative estimate of drug-likeness (QED) is 0.818. The van der Waals surface area contributed by atoms with Gasteiger partial charge in [0.2, 0.25) is 5.91 Å². The van der Waals surface area contributed by atoms with Crippen molar-refractivity contribution in [2.24, 2.45) is 11.3 Å². The summed E-state index contributed by atoms with van der Waals surface area (Å²) < 4.78 is 0. The Bertz CT molecular complexity index is 301. The lowest BCUT2D eigenvalue weighted by molar-refractivity contribution is -0.121. The van der Waals surface area contributed by atoms with Crippen LogP contribution >= 0.6 is 12.4 Å². The van der Waals surface area contributed by atoms with Gasteiger partial charge in [-0.05, 0) is 37.1 Å². The van der Waals surface area contributed by atoms with Crippen LogP contribution in [0.15, 0.2) is 0 Å². The van der Waals surface area contributed by atoms with Gasteiger partial charge in [-0.25, -0.2) is 0 Å². The Morgan fingerprint density at radius 2 is 1.95 bits per heavy atom. The van der Waals surface area contributed by atoms with Crippen LogP contribution in [0.1, 0.15) is 65.2 Å². The first kappa shape index (κ1) is 17.8. The first-order chi connectivity index (χ1) is 9.08. The van der Waals surface area contributed by atoms with E-state index in [9.17, 15) is 4.79 Å². The van der Waals surface area contributed by atoms with Crippen LogP contribution in [0.3, 0.4) is 0 Å². The number of halogens is 1. The van der Waals surface area contributed by atoms with Crippen molar-refractivity contribution < 1.29 is 4.79 Å². The standard InChI is InChI=1S/C16H30N2O.ClH/c1-16(2)10-5-11-17-14(16)12-18-15(19)9-8-13-6-3-4-7-13;/h13-14,17H,3-12H2,1-2H3,(H,18,19);1H. The van der Waals surface area contributed by atoms with Crippen molar-refractivity contribution in [1.82, 2.24) is 10.6 Å². The summed E-state index contributed by atoms with van der Waals surface area (Å²) in [6, 6.07) is 0.427. The molecule has 0 radical (unpaired) electrons. The molecular formula is C16H31ClN2O. The molecule has 3 nitrogen and oxygen atoms in total. The Hall–Kier alpha value is -0.280. The molecule has 2 N–H and O–H groups in total. The Kier molecular flexibility index (Phi) is 7.32. The van der Waals surface area contributed by atoms with Gasteiger partial charge in [-0.15, -0.1) is 12.4 Å². The molecule has 1 atom stereocenters. The lowest BCUT2D eigenvalue weighted by Gasteiger charge is -2.39. The normalized spacial score (nSPS) is 26.0. The molecule has 1 saturated carbocycles. The molecule has 1 heterocycles. The molecule has 0 aromatic carbocycles. The van der Waals surface area contributed by atoms with E-state index in [4.69, 9.17) is 0 Å². The van der Waals surface area contributed by atoms with Gasteiger partial charge in [-0.3, -0.25) is 4.79 Å². The first-order valence-corrected chi connectivity index (χ1v) is 8.08. The second-order valence-electron chi connectivity index (χ2n) is 7.09. The number of nitrogens with one attached hydrogen (secondary N) is 2. The highest BCUT2D eigenvalue weighted by Gasteiger charge is 2.31. The Morgan fingerprint density at radius 3 is 2.60 bits per heavy atom. The zero-order valence-corrected chi connectivity index (χ0v) is 13.9. The summed E-state index contributed by atoms with van der Waals surface area (Å²) in [6.07, 6.45) is 9.72. The van der Waals surface area contributed by atoms with E-state index in [1.165, 1.54) is 38.5 Å². The molecule has 1 aliphatic heterocycles. The SMILES string of the molecule is CC1(C)CCCNC1CNC(=O)CCC1CCCC1.Cl. The predicted molar refractivity (Wildman–Crippen MR) is 86.3 cm³/mol. The molecule has 0 aromatic rings. The third kappa shape index (κ3) is 5.25. The van der Waals surface area contributed by atoms with E-state index in [2.05, 4.69) is 24.5 Å². The van der Waals surface area contributed by atoms with Gasteiger partial charge in [0.15, 0.2) is 0 Å². The molecule has 1 amide bonds. The third-order valence-corrected chi connectivity index (χ3v) is 5.09. The fourth-order valence-electron chi connectivity index (χ4n) is 3.56. The van der Waals surface area contributed by atoms with Gasteiger partial charge >= 0.3 is 0 Å². The third-order valence-electron chi connectivity index (χ3n) is 5.09. The van der Waals surface area contributed by atoms with Gasteiger partial charge in [0.05, 0.1) is 0 Å². The predicted octanol–water partition coefficient (Wildman–Crippen LogP) is 3.27. The molecule has 1 aliphatic carbocycles. The molecule has 20 heavy (non-hydrogen) atoms. The molecule has 0 spiro atoms. The Labute approximate surface area is 130 Å². The molecule has 4 heteroatoms. The van der Waals surface area contributed by atoms with Crippen LogP contribution in [-0.4, -0.2) is 25.0 Å². The lowest BCUT2D eigenvalue weighted by atomic mass is 9.77. The highest BCUT2D eigenvalue weighted by Crippen LogP contribution is 2.30. The van der Waals surface area contributed by atoms with E-state index in [0.29, 0.717) is 11.5 Å². The molecule has 0 aromatic heterocycles. The van der Waals surface area contributed by atoms with E-state index >= 15 is 0 Å². The maximum Gasteiger partial charge on any atom is 0.220 e. The van der Waals surface area contributed by atoms with E-state index < -0.39 is 0 Å². The smallest absolute Gasteiger partial charge is 0.220 e. The van der Waals surface area contributed by atoms with Crippen molar-refractivity contribution in [3.8, 4) is 0 Å². The summed E-state index contributed by atoms with van der Waals surface area (Å²) >= 11 is 0. The molecule has 2 aliphatic rings. The van der Waals surface area contributed by atoms with Crippen molar-refractivity contribution in [3.05, 3.63) is 0 Å². The number of carbonyl (C=O) groups is 1.